The molecule has 7 heteroatoms. The Kier molecular flexibility index (Phi) is 4.81. The third-order valence-electron chi connectivity index (χ3n) is 4.77. The van der Waals surface area contributed by atoms with E-state index in [1.807, 2.05) is 24.3 Å². The number of β-amino-alcohol motifs (C(OH)–C–C–N with tert-alkyl or cyclic N) is 1. The molecular formula is C19H22N2O5. The lowest BCUT2D eigenvalue weighted by molar-refractivity contribution is -0.143. The highest BCUT2D eigenvalue weighted by Crippen LogP contribution is 2.31. The van der Waals surface area contributed by atoms with Crippen LogP contribution in [0.3, 0.4) is 0 Å². The number of carbonyl (C=O) groups is 1. The summed E-state index contributed by atoms with van der Waals surface area (Å²) >= 11 is 0. The molecule has 1 aromatic carbocycles. The summed E-state index contributed by atoms with van der Waals surface area (Å²) in [4.78, 5) is 16.6. The van der Waals surface area contributed by atoms with Gasteiger partial charge >= 0.3 is 0 Å². The van der Waals surface area contributed by atoms with Gasteiger partial charge in [0.1, 0.15) is 18.5 Å². The number of nitrogens with zero attached hydrogens (tertiary/aromatic N) is 2. The van der Waals surface area contributed by atoms with Gasteiger partial charge in [0.05, 0.1) is 6.26 Å². The van der Waals surface area contributed by atoms with E-state index in [0.29, 0.717) is 50.0 Å². The standard InChI is InChI=1S/C19H22N2O5/c22-14(15-6-3-11-24-15)12-20-7-9-21(10-8-20)19(23)18-13-25-16-4-1-2-5-17(16)26-18/h1-6,11,14,18,22H,7-10,12-13H2/t14-,18+/m0/s1. The summed E-state index contributed by atoms with van der Waals surface area (Å²) < 4.78 is 16.7. The second-order valence-electron chi connectivity index (χ2n) is 6.52. The van der Waals surface area contributed by atoms with Crippen LogP contribution in [0.2, 0.25) is 0 Å². The van der Waals surface area contributed by atoms with Gasteiger partial charge in [0.15, 0.2) is 11.5 Å². The Morgan fingerprint density at radius 3 is 2.62 bits per heavy atom. The first kappa shape index (κ1) is 16.9. The summed E-state index contributed by atoms with van der Waals surface area (Å²) in [7, 11) is 0. The molecule has 1 N–H and O–H groups in total. The quantitative estimate of drug-likeness (QED) is 0.888. The Morgan fingerprint density at radius 1 is 1.12 bits per heavy atom. The van der Waals surface area contributed by atoms with Gasteiger partial charge in [-0.2, -0.15) is 0 Å². The number of benzene rings is 1. The summed E-state index contributed by atoms with van der Waals surface area (Å²) in [5.74, 6) is 1.80. The van der Waals surface area contributed by atoms with E-state index in [9.17, 15) is 9.90 Å². The second-order valence-corrected chi connectivity index (χ2v) is 6.52. The molecule has 0 bridgehead atoms. The van der Waals surface area contributed by atoms with E-state index in [1.165, 1.54) is 0 Å². The first-order chi connectivity index (χ1) is 12.7. The minimum atomic E-state index is -0.654. The third kappa shape index (κ3) is 3.54. The van der Waals surface area contributed by atoms with E-state index in [-0.39, 0.29) is 12.5 Å². The van der Waals surface area contributed by atoms with Gasteiger partial charge in [-0.1, -0.05) is 12.1 Å². The van der Waals surface area contributed by atoms with Gasteiger partial charge in [0.25, 0.3) is 5.91 Å². The number of para-hydroxylation sites is 2. The Bertz CT molecular complexity index is 740. The van der Waals surface area contributed by atoms with Crippen molar-refractivity contribution < 1.29 is 23.8 Å². The predicted molar refractivity (Wildman–Crippen MR) is 93.0 cm³/mol. The summed E-state index contributed by atoms with van der Waals surface area (Å²) in [6.45, 7) is 3.33. The molecule has 26 heavy (non-hydrogen) atoms. The molecule has 0 aliphatic carbocycles. The zero-order valence-corrected chi connectivity index (χ0v) is 14.4. The van der Waals surface area contributed by atoms with Crippen LogP contribution in [0.15, 0.2) is 47.1 Å². The second kappa shape index (κ2) is 7.39. The van der Waals surface area contributed by atoms with Crippen LogP contribution in [0.25, 0.3) is 0 Å². The van der Waals surface area contributed by atoms with E-state index in [4.69, 9.17) is 13.9 Å². The zero-order chi connectivity index (χ0) is 17.9. The van der Waals surface area contributed by atoms with Crippen molar-refractivity contribution in [2.45, 2.75) is 12.2 Å². The molecule has 2 aliphatic heterocycles. The van der Waals surface area contributed by atoms with E-state index in [2.05, 4.69) is 4.90 Å². The normalized spacial score (nSPS) is 21.4. The monoisotopic (exact) mass is 358 g/mol. The number of carbonyl (C=O) groups excluding carboxylic acids is 1. The average molecular weight is 358 g/mol. The highest BCUT2D eigenvalue weighted by atomic mass is 16.6. The van der Waals surface area contributed by atoms with Gasteiger partial charge in [-0.15, -0.1) is 0 Å². The molecule has 0 spiro atoms. The molecule has 7 nitrogen and oxygen atoms in total. The van der Waals surface area contributed by atoms with Gasteiger partial charge in [0, 0.05) is 32.7 Å². The fourth-order valence-electron chi connectivity index (χ4n) is 3.31. The van der Waals surface area contributed by atoms with Crippen molar-refractivity contribution in [2.75, 3.05) is 39.3 Å². The Balaban J connectivity index is 1.29. The molecule has 3 heterocycles. The Labute approximate surface area is 151 Å². The number of aliphatic hydroxyl groups excluding tert-OH is 1. The van der Waals surface area contributed by atoms with Gasteiger partial charge in [0.2, 0.25) is 6.10 Å². The first-order valence-corrected chi connectivity index (χ1v) is 8.82. The molecule has 2 atom stereocenters. The summed E-state index contributed by atoms with van der Waals surface area (Å²) in [5.41, 5.74) is 0. The maximum absolute atomic E-state index is 12.7. The van der Waals surface area contributed by atoms with Crippen LogP contribution in [0.5, 0.6) is 11.5 Å². The third-order valence-corrected chi connectivity index (χ3v) is 4.77. The van der Waals surface area contributed by atoms with Crippen LogP contribution in [0.4, 0.5) is 0 Å². The van der Waals surface area contributed by atoms with Gasteiger partial charge in [-0.25, -0.2) is 0 Å². The average Bonchev–Trinajstić information content (AvgIpc) is 3.23. The summed E-state index contributed by atoms with van der Waals surface area (Å²) in [6.07, 6.45) is 0.295. The van der Waals surface area contributed by atoms with Crippen LogP contribution >= 0.6 is 0 Å². The van der Waals surface area contributed by atoms with Crippen LogP contribution < -0.4 is 9.47 Å². The lowest BCUT2D eigenvalue weighted by Gasteiger charge is -2.37. The van der Waals surface area contributed by atoms with Crippen molar-refractivity contribution in [2.24, 2.45) is 0 Å². The van der Waals surface area contributed by atoms with Crippen LogP contribution in [0, 0.1) is 0 Å². The number of ether oxygens (including phenoxy) is 2. The molecule has 1 amide bonds. The fourth-order valence-corrected chi connectivity index (χ4v) is 3.31. The van der Waals surface area contributed by atoms with Gasteiger partial charge < -0.3 is 23.9 Å². The topological polar surface area (TPSA) is 75.4 Å². The lowest BCUT2D eigenvalue weighted by atomic mass is 10.2. The van der Waals surface area contributed by atoms with Crippen LogP contribution in [0.1, 0.15) is 11.9 Å². The molecule has 1 saturated heterocycles. The highest BCUT2D eigenvalue weighted by Gasteiger charge is 2.33. The summed E-state index contributed by atoms with van der Waals surface area (Å²) in [5, 5.41) is 10.2. The van der Waals surface area contributed by atoms with Crippen molar-refractivity contribution in [3.05, 3.63) is 48.4 Å². The van der Waals surface area contributed by atoms with Crippen molar-refractivity contribution >= 4 is 5.91 Å². The van der Waals surface area contributed by atoms with E-state index in [0.717, 1.165) is 0 Å². The van der Waals surface area contributed by atoms with Crippen molar-refractivity contribution in [3.63, 3.8) is 0 Å². The first-order valence-electron chi connectivity index (χ1n) is 8.82. The molecule has 2 aromatic rings. The largest absolute Gasteiger partial charge is 0.485 e. The smallest absolute Gasteiger partial charge is 0.267 e. The van der Waals surface area contributed by atoms with Crippen LogP contribution in [-0.2, 0) is 4.79 Å². The number of piperazine rings is 1. The maximum Gasteiger partial charge on any atom is 0.267 e. The molecule has 1 fully saturated rings. The van der Waals surface area contributed by atoms with Crippen molar-refractivity contribution in [1.82, 2.24) is 9.80 Å². The van der Waals surface area contributed by atoms with E-state index < -0.39 is 12.2 Å². The van der Waals surface area contributed by atoms with Gasteiger partial charge in [-0.05, 0) is 24.3 Å². The minimum Gasteiger partial charge on any atom is -0.485 e. The highest BCUT2D eigenvalue weighted by molar-refractivity contribution is 5.82. The molecule has 1 aromatic heterocycles. The molecule has 2 aliphatic rings. The Morgan fingerprint density at radius 2 is 1.88 bits per heavy atom. The van der Waals surface area contributed by atoms with E-state index in [1.54, 1.807) is 23.3 Å². The molecular weight excluding hydrogens is 336 g/mol. The number of hydrogen-bond acceptors (Lipinski definition) is 6. The SMILES string of the molecule is O=C([C@H]1COc2ccccc2O1)N1CCN(C[C@H](O)c2ccco2)CC1. The minimum absolute atomic E-state index is 0.0502. The van der Waals surface area contributed by atoms with Gasteiger partial charge in [-0.3, -0.25) is 9.69 Å². The number of hydrogen-bond donors (Lipinski definition) is 1. The number of furan rings is 1. The molecule has 0 saturated carbocycles. The number of fused-ring (bicyclic) bond motifs is 1. The fraction of sp³-hybridized carbons (Fsp3) is 0.421. The zero-order valence-electron chi connectivity index (χ0n) is 14.4. The summed E-state index contributed by atoms with van der Waals surface area (Å²) in [6, 6.07) is 10.9. The Hall–Kier alpha value is -2.51. The molecule has 0 unspecified atom stereocenters. The number of aliphatic hydroxyl groups is 1. The van der Waals surface area contributed by atoms with Crippen molar-refractivity contribution in [3.8, 4) is 11.5 Å². The van der Waals surface area contributed by atoms with Crippen LogP contribution in [-0.4, -0.2) is 66.2 Å². The lowest BCUT2D eigenvalue weighted by Crippen LogP contribution is -2.54. The predicted octanol–water partition coefficient (Wildman–Crippen LogP) is 1.30. The number of rotatable bonds is 4. The van der Waals surface area contributed by atoms with Crippen molar-refractivity contribution in [1.29, 1.82) is 0 Å². The molecule has 4 rings (SSSR count). The molecule has 138 valence electrons. The maximum atomic E-state index is 12.7. The van der Waals surface area contributed by atoms with E-state index >= 15 is 0 Å². The molecule has 0 radical (unpaired) electrons. The number of amides is 1.